The van der Waals surface area contributed by atoms with Crippen LogP contribution >= 0.6 is 0 Å². The van der Waals surface area contributed by atoms with Crippen molar-refractivity contribution < 1.29 is 8.42 Å². The van der Waals surface area contributed by atoms with Crippen molar-refractivity contribution in [3.05, 3.63) is 18.2 Å². The summed E-state index contributed by atoms with van der Waals surface area (Å²) in [5.74, 6) is 1.59. The molecule has 0 aromatic carbocycles. The van der Waals surface area contributed by atoms with Gasteiger partial charge in [-0.25, -0.2) is 13.4 Å². The second kappa shape index (κ2) is 5.84. The molecule has 1 saturated heterocycles. The quantitative estimate of drug-likeness (QED) is 0.866. The van der Waals surface area contributed by atoms with Gasteiger partial charge in [0.05, 0.1) is 18.1 Å². The number of hydrogen-bond acceptors (Lipinski definition) is 4. The van der Waals surface area contributed by atoms with Crippen molar-refractivity contribution in [1.82, 2.24) is 14.9 Å². The Morgan fingerprint density at radius 3 is 3.11 bits per heavy atom. The van der Waals surface area contributed by atoms with Crippen molar-refractivity contribution in [2.75, 3.05) is 11.5 Å². The average Bonchev–Trinajstić information content (AvgIpc) is 2.73. The van der Waals surface area contributed by atoms with Gasteiger partial charge in [0, 0.05) is 25.0 Å². The van der Waals surface area contributed by atoms with Crippen LogP contribution in [0.25, 0.3) is 0 Å². The molecule has 1 aromatic rings. The van der Waals surface area contributed by atoms with Crippen LogP contribution in [-0.4, -0.2) is 35.5 Å². The molecule has 5 nitrogen and oxygen atoms in total. The SMILES string of the molecule is CCCn1ccnc1CNC1CCCS(=O)(=O)C1. The Labute approximate surface area is 109 Å². The number of hydrogen-bond donors (Lipinski definition) is 1. The monoisotopic (exact) mass is 271 g/mol. The summed E-state index contributed by atoms with van der Waals surface area (Å²) in [7, 11) is -2.83. The van der Waals surface area contributed by atoms with E-state index in [1.54, 1.807) is 6.20 Å². The Morgan fingerprint density at radius 1 is 1.56 bits per heavy atom. The van der Waals surface area contributed by atoms with E-state index in [9.17, 15) is 8.42 Å². The Morgan fingerprint density at radius 2 is 2.39 bits per heavy atom. The molecule has 0 aliphatic carbocycles. The minimum atomic E-state index is -2.83. The van der Waals surface area contributed by atoms with Gasteiger partial charge in [-0.15, -0.1) is 0 Å². The topological polar surface area (TPSA) is 64.0 Å². The third-order valence-electron chi connectivity index (χ3n) is 3.28. The molecule has 1 aromatic heterocycles. The van der Waals surface area contributed by atoms with E-state index in [0.29, 0.717) is 12.3 Å². The highest BCUT2D eigenvalue weighted by Crippen LogP contribution is 2.12. The first-order valence-corrected chi connectivity index (χ1v) is 8.36. The molecule has 102 valence electrons. The van der Waals surface area contributed by atoms with Gasteiger partial charge in [-0.3, -0.25) is 0 Å². The van der Waals surface area contributed by atoms with Crippen molar-refractivity contribution in [1.29, 1.82) is 0 Å². The van der Waals surface area contributed by atoms with E-state index < -0.39 is 9.84 Å². The van der Waals surface area contributed by atoms with E-state index in [-0.39, 0.29) is 11.8 Å². The van der Waals surface area contributed by atoms with Gasteiger partial charge in [-0.2, -0.15) is 0 Å². The summed E-state index contributed by atoms with van der Waals surface area (Å²) in [6.07, 6.45) is 6.54. The zero-order valence-electron chi connectivity index (χ0n) is 10.8. The van der Waals surface area contributed by atoms with Crippen LogP contribution in [0.1, 0.15) is 32.0 Å². The number of sulfone groups is 1. The second-order valence-electron chi connectivity index (χ2n) is 4.87. The number of rotatable bonds is 5. The van der Waals surface area contributed by atoms with Crippen molar-refractivity contribution in [3.63, 3.8) is 0 Å². The predicted octanol–water partition coefficient (Wildman–Crippen LogP) is 0.960. The van der Waals surface area contributed by atoms with Gasteiger partial charge in [0.25, 0.3) is 0 Å². The molecule has 2 rings (SSSR count). The number of nitrogens with one attached hydrogen (secondary N) is 1. The zero-order chi connectivity index (χ0) is 13.0. The van der Waals surface area contributed by atoms with Crippen LogP contribution in [0.15, 0.2) is 12.4 Å². The first-order chi connectivity index (χ1) is 8.61. The van der Waals surface area contributed by atoms with Gasteiger partial charge in [-0.05, 0) is 19.3 Å². The number of aromatic nitrogens is 2. The second-order valence-corrected chi connectivity index (χ2v) is 7.10. The Bertz CT molecular complexity index is 481. The van der Waals surface area contributed by atoms with Crippen LogP contribution < -0.4 is 5.32 Å². The standard InChI is InChI=1S/C12H21N3O2S/c1-2-6-15-7-5-13-12(15)9-14-11-4-3-8-18(16,17)10-11/h5,7,11,14H,2-4,6,8-10H2,1H3. The molecule has 1 atom stereocenters. The molecule has 6 heteroatoms. The summed E-state index contributed by atoms with van der Waals surface area (Å²) in [4.78, 5) is 4.31. The smallest absolute Gasteiger partial charge is 0.151 e. The zero-order valence-corrected chi connectivity index (χ0v) is 11.6. The summed E-state index contributed by atoms with van der Waals surface area (Å²) in [5, 5.41) is 3.32. The van der Waals surface area contributed by atoms with Gasteiger partial charge in [0.15, 0.2) is 9.84 Å². The van der Waals surface area contributed by atoms with Crippen LogP contribution in [-0.2, 0) is 22.9 Å². The molecule has 1 aliphatic rings. The van der Waals surface area contributed by atoms with Crippen LogP contribution in [0.2, 0.25) is 0 Å². The Kier molecular flexibility index (Phi) is 4.40. The molecular weight excluding hydrogens is 250 g/mol. The largest absolute Gasteiger partial charge is 0.334 e. The van der Waals surface area contributed by atoms with E-state index in [1.165, 1.54) is 0 Å². The maximum absolute atomic E-state index is 11.5. The first kappa shape index (κ1) is 13.5. The highest BCUT2D eigenvalue weighted by Gasteiger charge is 2.24. The lowest BCUT2D eigenvalue weighted by Crippen LogP contribution is -2.40. The highest BCUT2D eigenvalue weighted by atomic mass is 32.2. The van der Waals surface area contributed by atoms with Crippen LogP contribution in [0.3, 0.4) is 0 Å². The molecule has 1 unspecified atom stereocenters. The molecular formula is C12H21N3O2S. The van der Waals surface area contributed by atoms with Crippen LogP contribution in [0.4, 0.5) is 0 Å². The lowest BCUT2D eigenvalue weighted by Gasteiger charge is -2.23. The van der Waals surface area contributed by atoms with E-state index in [0.717, 1.165) is 31.6 Å². The summed E-state index contributed by atoms with van der Waals surface area (Å²) in [6.45, 7) is 3.73. The summed E-state index contributed by atoms with van der Waals surface area (Å²) in [6, 6.07) is 0.0792. The van der Waals surface area contributed by atoms with E-state index in [1.807, 2.05) is 6.20 Å². The lowest BCUT2D eigenvalue weighted by atomic mass is 10.2. The summed E-state index contributed by atoms with van der Waals surface area (Å²) < 4.78 is 25.2. The predicted molar refractivity (Wildman–Crippen MR) is 71.0 cm³/mol. The highest BCUT2D eigenvalue weighted by molar-refractivity contribution is 7.91. The van der Waals surface area contributed by atoms with Gasteiger partial charge in [0.2, 0.25) is 0 Å². The lowest BCUT2D eigenvalue weighted by molar-refractivity contribution is 0.466. The third kappa shape index (κ3) is 3.55. The number of aryl methyl sites for hydroxylation is 1. The van der Waals surface area contributed by atoms with Gasteiger partial charge in [-0.1, -0.05) is 6.92 Å². The molecule has 0 saturated carbocycles. The van der Waals surface area contributed by atoms with Crippen molar-refractivity contribution in [2.24, 2.45) is 0 Å². The van der Waals surface area contributed by atoms with E-state index in [4.69, 9.17) is 0 Å². The number of imidazole rings is 1. The molecule has 0 amide bonds. The molecule has 1 fully saturated rings. The molecule has 0 spiro atoms. The minimum Gasteiger partial charge on any atom is -0.334 e. The normalized spacial score (nSPS) is 23.1. The maximum atomic E-state index is 11.5. The van der Waals surface area contributed by atoms with E-state index in [2.05, 4.69) is 21.8 Å². The fourth-order valence-electron chi connectivity index (χ4n) is 2.37. The molecule has 2 heterocycles. The van der Waals surface area contributed by atoms with Gasteiger partial charge in [0.1, 0.15) is 5.82 Å². The van der Waals surface area contributed by atoms with Gasteiger partial charge < -0.3 is 9.88 Å². The van der Waals surface area contributed by atoms with Crippen molar-refractivity contribution in [2.45, 2.75) is 45.3 Å². The van der Waals surface area contributed by atoms with Crippen molar-refractivity contribution >= 4 is 9.84 Å². The fraction of sp³-hybridized carbons (Fsp3) is 0.750. The first-order valence-electron chi connectivity index (χ1n) is 6.54. The van der Waals surface area contributed by atoms with Crippen LogP contribution in [0, 0.1) is 0 Å². The Hall–Kier alpha value is -0.880. The van der Waals surface area contributed by atoms with Crippen LogP contribution in [0.5, 0.6) is 0 Å². The Balaban J connectivity index is 1.89. The molecule has 1 N–H and O–H groups in total. The molecule has 18 heavy (non-hydrogen) atoms. The molecule has 1 aliphatic heterocycles. The average molecular weight is 271 g/mol. The fourth-order valence-corrected chi connectivity index (χ4v) is 4.04. The molecule has 0 bridgehead atoms. The van der Waals surface area contributed by atoms with E-state index >= 15 is 0 Å². The summed E-state index contributed by atoms with van der Waals surface area (Å²) >= 11 is 0. The minimum absolute atomic E-state index is 0.0792. The summed E-state index contributed by atoms with van der Waals surface area (Å²) in [5.41, 5.74) is 0. The number of nitrogens with zero attached hydrogens (tertiary/aromatic N) is 2. The molecule has 0 radical (unpaired) electrons. The van der Waals surface area contributed by atoms with Gasteiger partial charge >= 0.3 is 0 Å². The van der Waals surface area contributed by atoms with Crippen molar-refractivity contribution in [3.8, 4) is 0 Å². The third-order valence-corrected chi connectivity index (χ3v) is 5.10. The maximum Gasteiger partial charge on any atom is 0.151 e.